The molecule has 0 N–H and O–H groups in total. The number of aryl methyl sites for hydroxylation is 2. The van der Waals surface area contributed by atoms with Crippen molar-refractivity contribution in [3.05, 3.63) is 65.9 Å². The molecule has 88 valence electrons. The summed E-state index contributed by atoms with van der Waals surface area (Å²) in [6, 6.07) is 17.2. The maximum atomic E-state index is 4.47. The largest absolute Gasteiger partial charge is 0.256 e. The fourth-order valence-electron chi connectivity index (χ4n) is 2.16. The van der Waals surface area contributed by atoms with Crippen molar-refractivity contribution in [2.75, 3.05) is 0 Å². The van der Waals surface area contributed by atoms with E-state index < -0.39 is 0 Å². The third kappa shape index (κ3) is 2.00. The lowest BCUT2D eigenvalue weighted by molar-refractivity contribution is 1.27. The summed E-state index contributed by atoms with van der Waals surface area (Å²) in [5.74, 6) is 0. The van der Waals surface area contributed by atoms with Crippen LogP contribution in [0.15, 0.2) is 54.7 Å². The van der Waals surface area contributed by atoms with E-state index in [9.17, 15) is 0 Å². The molecule has 0 unspecified atom stereocenters. The van der Waals surface area contributed by atoms with Crippen molar-refractivity contribution < 1.29 is 0 Å². The van der Waals surface area contributed by atoms with E-state index in [-0.39, 0.29) is 0 Å². The summed E-state index contributed by atoms with van der Waals surface area (Å²) in [4.78, 5) is 4.47. The lowest BCUT2D eigenvalue weighted by atomic mass is 10.0. The molecule has 0 aliphatic carbocycles. The van der Waals surface area contributed by atoms with Crippen LogP contribution in [0.1, 0.15) is 11.1 Å². The Morgan fingerprint density at radius 2 is 1.44 bits per heavy atom. The molecule has 0 fully saturated rings. The zero-order valence-electron chi connectivity index (χ0n) is 10.6. The van der Waals surface area contributed by atoms with Crippen molar-refractivity contribution >= 4 is 10.8 Å². The molecule has 0 amide bonds. The van der Waals surface area contributed by atoms with Crippen LogP contribution < -0.4 is 0 Å². The first-order chi connectivity index (χ1) is 8.72. The van der Waals surface area contributed by atoms with Gasteiger partial charge in [-0.1, -0.05) is 42.0 Å². The van der Waals surface area contributed by atoms with E-state index in [1.807, 2.05) is 6.20 Å². The molecule has 0 saturated carbocycles. The Labute approximate surface area is 107 Å². The molecular formula is C17H15N. The van der Waals surface area contributed by atoms with Crippen LogP contribution in [0, 0.1) is 13.8 Å². The zero-order chi connectivity index (χ0) is 12.5. The van der Waals surface area contributed by atoms with Crippen molar-refractivity contribution in [3.63, 3.8) is 0 Å². The first kappa shape index (κ1) is 11.0. The third-order valence-electron chi connectivity index (χ3n) is 3.20. The molecule has 0 aliphatic heterocycles. The quantitative estimate of drug-likeness (QED) is 0.602. The Bertz CT molecular complexity index is 696. The van der Waals surface area contributed by atoms with Crippen molar-refractivity contribution in [1.82, 2.24) is 4.98 Å². The standard InChI is InChI=1S/C17H15N/c1-12-3-5-15-10-16(7-6-14(15)9-12)17-8-4-13(2)11-18-17/h3-11H,1-2H3. The van der Waals surface area contributed by atoms with Gasteiger partial charge in [0.25, 0.3) is 0 Å². The van der Waals surface area contributed by atoms with Crippen LogP contribution in [-0.4, -0.2) is 4.98 Å². The van der Waals surface area contributed by atoms with Crippen LogP contribution in [0.25, 0.3) is 22.0 Å². The van der Waals surface area contributed by atoms with Crippen LogP contribution in [0.2, 0.25) is 0 Å². The number of hydrogen-bond acceptors (Lipinski definition) is 1. The second-order valence-corrected chi connectivity index (χ2v) is 4.79. The molecule has 1 nitrogen and oxygen atoms in total. The van der Waals surface area contributed by atoms with E-state index in [1.165, 1.54) is 27.5 Å². The van der Waals surface area contributed by atoms with Gasteiger partial charge in [-0.05, 0) is 42.3 Å². The number of rotatable bonds is 1. The Kier molecular flexibility index (Phi) is 2.60. The smallest absolute Gasteiger partial charge is 0.0702 e. The maximum Gasteiger partial charge on any atom is 0.0702 e. The highest BCUT2D eigenvalue weighted by molar-refractivity contribution is 5.87. The zero-order valence-corrected chi connectivity index (χ0v) is 10.6. The van der Waals surface area contributed by atoms with E-state index in [0.29, 0.717) is 0 Å². The van der Waals surface area contributed by atoms with Gasteiger partial charge in [0.05, 0.1) is 5.69 Å². The number of nitrogens with zero attached hydrogens (tertiary/aromatic N) is 1. The molecule has 0 aliphatic rings. The van der Waals surface area contributed by atoms with Crippen LogP contribution in [0.3, 0.4) is 0 Å². The van der Waals surface area contributed by atoms with Crippen molar-refractivity contribution in [3.8, 4) is 11.3 Å². The molecule has 0 spiro atoms. The summed E-state index contributed by atoms with van der Waals surface area (Å²) < 4.78 is 0. The average molecular weight is 233 g/mol. The highest BCUT2D eigenvalue weighted by Gasteiger charge is 2.01. The summed E-state index contributed by atoms with van der Waals surface area (Å²) in [5, 5.41) is 2.55. The fraction of sp³-hybridized carbons (Fsp3) is 0.118. The van der Waals surface area contributed by atoms with Crippen LogP contribution in [0.4, 0.5) is 0 Å². The second kappa shape index (κ2) is 4.26. The second-order valence-electron chi connectivity index (χ2n) is 4.79. The SMILES string of the molecule is Cc1ccc(-c2ccc3cc(C)ccc3c2)nc1. The van der Waals surface area contributed by atoms with Crippen LogP contribution >= 0.6 is 0 Å². The van der Waals surface area contributed by atoms with Crippen LogP contribution in [-0.2, 0) is 0 Å². The first-order valence-electron chi connectivity index (χ1n) is 6.16. The lowest BCUT2D eigenvalue weighted by Gasteiger charge is -2.04. The van der Waals surface area contributed by atoms with E-state index in [1.54, 1.807) is 0 Å². The van der Waals surface area contributed by atoms with Gasteiger partial charge in [-0.3, -0.25) is 4.98 Å². The van der Waals surface area contributed by atoms with Gasteiger partial charge < -0.3 is 0 Å². The Morgan fingerprint density at radius 1 is 0.722 bits per heavy atom. The number of hydrogen-bond donors (Lipinski definition) is 0. The molecule has 0 radical (unpaired) electrons. The molecule has 1 heteroatoms. The van der Waals surface area contributed by atoms with Gasteiger partial charge in [-0.25, -0.2) is 0 Å². The van der Waals surface area contributed by atoms with Gasteiger partial charge in [-0.15, -0.1) is 0 Å². The minimum absolute atomic E-state index is 1.03. The first-order valence-corrected chi connectivity index (χ1v) is 6.16. The van der Waals surface area contributed by atoms with Crippen LogP contribution in [0.5, 0.6) is 0 Å². The van der Waals surface area contributed by atoms with Crippen molar-refractivity contribution in [1.29, 1.82) is 0 Å². The predicted molar refractivity (Wildman–Crippen MR) is 76.7 cm³/mol. The van der Waals surface area contributed by atoms with Gasteiger partial charge in [-0.2, -0.15) is 0 Å². The van der Waals surface area contributed by atoms with Gasteiger partial charge in [0.2, 0.25) is 0 Å². The monoisotopic (exact) mass is 233 g/mol. The summed E-state index contributed by atoms with van der Waals surface area (Å²) in [6.45, 7) is 4.18. The van der Waals surface area contributed by atoms with Crippen molar-refractivity contribution in [2.45, 2.75) is 13.8 Å². The van der Waals surface area contributed by atoms with Gasteiger partial charge in [0, 0.05) is 11.8 Å². The Balaban J connectivity index is 2.13. The normalized spacial score (nSPS) is 10.8. The molecule has 0 atom stereocenters. The Hall–Kier alpha value is -2.15. The summed E-state index contributed by atoms with van der Waals surface area (Å²) in [6.07, 6.45) is 1.91. The molecule has 18 heavy (non-hydrogen) atoms. The summed E-state index contributed by atoms with van der Waals surface area (Å²) >= 11 is 0. The average Bonchev–Trinajstić information content (AvgIpc) is 2.39. The number of benzene rings is 2. The molecule has 0 saturated heterocycles. The Morgan fingerprint density at radius 3 is 2.22 bits per heavy atom. The van der Waals surface area contributed by atoms with Crippen molar-refractivity contribution in [2.24, 2.45) is 0 Å². The van der Waals surface area contributed by atoms with Gasteiger partial charge >= 0.3 is 0 Å². The molecule has 3 rings (SSSR count). The maximum absolute atomic E-state index is 4.47. The van der Waals surface area contributed by atoms with Gasteiger partial charge in [0.1, 0.15) is 0 Å². The molecule has 2 aromatic carbocycles. The van der Waals surface area contributed by atoms with E-state index in [4.69, 9.17) is 0 Å². The summed E-state index contributed by atoms with van der Waals surface area (Å²) in [7, 11) is 0. The predicted octanol–water partition coefficient (Wildman–Crippen LogP) is 4.52. The molecule has 3 aromatic rings. The van der Waals surface area contributed by atoms with E-state index in [2.05, 4.69) is 67.4 Å². The number of aromatic nitrogens is 1. The molecule has 1 aromatic heterocycles. The molecule has 1 heterocycles. The minimum atomic E-state index is 1.03. The topological polar surface area (TPSA) is 12.9 Å². The number of pyridine rings is 1. The van der Waals surface area contributed by atoms with Gasteiger partial charge in [0.15, 0.2) is 0 Å². The number of fused-ring (bicyclic) bond motifs is 1. The molecular weight excluding hydrogens is 218 g/mol. The highest BCUT2D eigenvalue weighted by atomic mass is 14.7. The van der Waals surface area contributed by atoms with E-state index >= 15 is 0 Å². The molecule has 0 bridgehead atoms. The van der Waals surface area contributed by atoms with E-state index in [0.717, 1.165) is 5.69 Å². The highest BCUT2D eigenvalue weighted by Crippen LogP contribution is 2.23. The fourth-order valence-corrected chi connectivity index (χ4v) is 2.16. The third-order valence-corrected chi connectivity index (χ3v) is 3.20. The summed E-state index contributed by atoms with van der Waals surface area (Å²) in [5.41, 5.74) is 4.69. The lowest BCUT2D eigenvalue weighted by Crippen LogP contribution is -1.84. The minimum Gasteiger partial charge on any atom is -0.256 e.